The van der Waals surface area contributed by atoms with E-state index in [2.05, 4.69) is 11.8 Å². The van der Waals surface area contributed by atoms with Gasteiger partial charge in [0, 0.05) is 19.2 Å². The Morgan fingerprint density at radius 3 is 2.57 bits per heavy atom. The molecular weight excluding hydrogens is 280 g/mol. The maximum absolute atomic E-state index is 12.3. The van der Waals surface area contributed by atoms with Crippen molar-refractivity contribution >= 4 is 17.2 Å². The minimum absolute atomic E-state index is 0.0644. The SMILES string of the molecule is Cc1ccsc1C(=O)N(C)Cc1ccc(C#CCN)cc1. The Labute approximate surface area is 129 Å². The molecule has 0 saturated heterocycles. The molecule has 0 unspecified atom stereocenters. The zero-order valence-electron chi connectivity index (χ0n) is 12.2. The lowest BCUT2D eigenvalue weighted by Gasteiger charge is -2.17. The monoisotopic (exact) mass is 298 g/mol. The Kier molecular flexibility index (Phi) is 5.15. The predicted octanol–water partition coefficient (Wildman–Crippen LogP) is 2.64. The van der Waals surface area contributed by atoms with Crippen LogP contribution >= 0.6 is 11.3 Å². The summed E-state index contributed by atoms with van der Waals surface area (Å²) in [5.74, 6) is 5.87. The Morgan fingerprint density at radius 1 is 1.29 bits per heavy atom. The molecule has 0 saturated carbocycles. The lowest BCUT2D eigenvalue weighted by atomic mass is 10.1. The van der Waals surface area contributed by atoms with E-state index in [-0.39, 0.29) is 5.91 Å². The molecule has 108 valence electrons. The molecule has 1 aromatic heterocycles. The van der Waals surface area contributed by atoms with Gasteiger partial charge in [-0.2, -0.15) is 0 Å². The first-order chi connectivity index (χ1) is 10.1. The van der Waals surface area contributed by atoms with Gasteiger partial charge in [0.15, 0.2) is 0 Å². The second-order valence-electron chi connectivity index (χ2n) is 4.80. The molecule has 0 fully saturated rings. The van der Waals surface area contributed by atoms with Crippen molar-refractivity contribution in [2.45, 2.75) is 13.5 Å². The number of thiophene rings is 1. The van der Waals surface area contributed by atoms with E-state index in [4.69, 9.17) is 5.73 Å². The summed E-state index contributed by atoms with van der Waals surface area (Å²) in [6.45, 7) is 2.91. The summed E-state index contributed by atoms with van der Waals surface area (Å²) >= 11 is 1.49. The van der Waals surface area contributed by atoms with E-state index in [1.54, 1.807) is 4.90 Å². The first-order valence-electron chi connectivity index (χ1n) is 6.69. The fourth-order valence-corrected chi connectivity index (χ4v) is 2.88. The highest BCUT2D eigenvalue weighted by atomic mass is 32.1. The van der Waals surface area contributed by atoms with Gasteiger partial charge >= 0.3 is 0 Å². The summed E-state index contributed by atoms with van der Waals surface area (Å²) in [5.41, 5.74) is 8.40. The van der Waals surface area contributed by atoms with Gasteiger partial charge in [-0.15, -0.1) is 11.3 Å². The van der Waals surface area contributed by atoms with Crippen LogP contribution in [0.25, 0.3) is 0 Å². The second kappa shape index (κ2) is 7.07. The van der Waals surface area contributed by atoms with Crippen LogP contribution in [0.2, 0.25) is 0 Å². The summed E-state index contributed by atoms with van der Waals surface area (Å²) < 4.78 is 0. The van der Waals surface area contributed by atoms with Crippen LogP contribution in [-0.2, 0) is 6.54 Å². The van der Waals surface area contributed by atoms with E-state index in [0.717, 1.165) is 21.6 Å². The Balaban J connectivity index is 2.04. The molecular formula is C17H18N2OS. The zero-order chi connectivity index (χ0) is 15.2. The highest BCUT2D eigenvalue weighted by molar-refractivity contribution is 7.12. The van der Waals surface area contributed by atoms with Crippen molar-refractivity contribution in [1.29, 1.82) is 0 Å². The molecule has 1 heterocycles. The lowest BCUT2D eigenvalue weighted by Crippen LogP contribution is -2.25. The first-order valence-corrected chi connectivity index (χ1v) is 7.57. The molecule has 0 aliphatic carbocycles. The number of hydrogen-bond donors (Lipinski definition) is 1. The summed E-state index contributed by atoms with van der Waals surface area (Å²) in [6, 6.07) is 9.85. The van der Waals surface area contributed by atoms with E-state index in [9.17, 15) is 4.79 Å². The molecule has 0 aliphatic rings. The Hall–Kier alpha value is -2.09. The van der Waals surface area contributed by atoms with Crippen LogP contribution in [0.3, 0.4) is 0 Å². The van der Waals surface area contributed by atoms with Gasteiger partial charge in [0.2, 0.25) is 0 Å². The van der Waals surface area contributed by atoms with Gasteiger partial charge in [0.25, 0.3) is 5.91 Å². The first kappa shape index (κ1) is 15.3. The molecule has 3 nitrogen and oxygen atoms in total. The highest BCUT2D eigenvalue weighted by Crippen LogP contribution is 2.18. The molecule has 21 heavy (non-hydrogen) atoms. The number of carbonyl (C=O) groups is 1. The van der Waals surface area contributed by atoms with Gasteiger partial charge in [0.1, 0.15) is 0 Å². The molecule has 1 amide bonds. The van der Waals surface area contributed by atoms with Gasteiger partial charge in [0.05, 0.1) is 11.4 Å². The smallest absolute Gasteiger partial charge is 0.264 e. The molecule has 0 spiro atoms. The van der Waals surface area contributed by atoms with Crippen molar-refractivity contribution in [3.63, 3.8) is 0 Å². The molecule has 0 aliphatic heterocycles. The van der Waals surface area contributed by atoms with E-state index in [1.807, 2.05) is 49.7 Å². The number of nitrogens with zero attached hydrogens (tertiary/aromatic N) is 1. The van der Waals surface area contributed by atoms with Gasteiger partial charge in [-0.25, -0.2) is 0 Å². The number of rotatable bonds is 3. The van der Waals surface area contributed by atoms with E-state index in [0.29, 0.717) is 13.1 Å². The van der Waals surface area contributed by atoms with Crippen LogP contribution in [0.15, 0.2) is 35.7 Å². The summed E-state index contributed by atoms with van der Waals surface area (Å²) in [5, 5.41) is 1.95. The van der Waals surface area contributed by atoms with Gasteiger partial charge in [-0.3, -0.25) is 4.79 Å². The number of benzene rings is 1. The van der Waals surface area contributed by atoms with Gasteiger partial charge < -0.3 is 10.6 Å². The van der Waals surface area contributed by atoms with E-state index >= 15 is 0 Å². The predicted molar refractivity (Wildman–Crippen MR) is 87.2 cm³/mol. The molecule has 1 aromatic carbocycles. The van der Waals surface area contributed by atoms with Crippen molar-refractivity contribution in [2.75, 3.05) is 13.6 Å². The number of hydrogen-bond acceptors (Lipinski definition) is 3. The lowest BCUT2D eigenvalue weighted by molar-refractivity contribution is 0.0789. The minimum Gasteiger partial charge on any atom is -0.337 e. The maximum Gasteiger partial charge on any atom is 0.264 e. The molecule has 0 atom stereocenters. The van der Waals surface area contributed by atoms with Crippen LogP contribution < -0.4 is 5.73 Å². The molecule has 2 rings (SSSR count). The number of carbonyl (C=O) groups excluding carboxylic acids is 1. The average Bonchev–Trinajstić information content (AvgIpc) is 2.92. The van der Waals surface area contributed by atoms with E-state index < -0.39 is 0 Å². The quantitative estimate of drug-likeness (QED) is 0.886. The molecule has 4 heteroatoms. The van der Waals surface area contributed by atoms with Crippen molar-refractivity contribution in [1.82, 2.24) is 4.90 Å². The minimum atomic E-state index is 0.0644. The third kappa shape index (κ3) is 3.94. The Bertz CT molecular complexity index is 677. The Morgan fingerprint density at radius 2 is 2.00 bits per heavy atom. The molecule has 2 N–H and O–H groups in total. The molecule has 2 aromatic rings. The summed E-state index contributed by atoms with van der Waals surface area (Å²) in [6.07, 6.45) is 0. The second-order valence-corrected chi connectivity index (χ2v) is 5.71. The maximum atomic E-state index is 12.3. The third-order valence-electron chi connectivity index (χ3n) is 3.11. The number of aryl methyl sites for hydroxylation is 1. The standard InChI is InChI=1S/C17H18N2OS/c1-13-9-11-21-16(13)17(20)19(2)12-15-7-5-14(6-8-15)4-3-10-18/h5-9,11H,10,12,18H2,1-2H3. The zero-order valence-corrected chi connectivity index (χ0v) is 13.0. The average molecular weight is 298 g/mol. The molecule has 0 radical (unpaired) electrons. The van der Waals surface area contributed by atoms with Crippen LogP contribution in [0.5, 0.6) is 0 Å². The van der Waals surface area contributed by atoms with Crippen LogP contribution in [-0.4, -0.2) is 24.4 Å². The third-order valence-corrected chi connectivity index (χ3v) is 4.12. The topological polar surface area (TPSA) is 46.3 Å². The van der Waals surface area contributed by atoms with Crippen molar-refractivity contribution in [2.24, 2.45) is 5.73 Å². The fourth-order valence-electron chi connectivity index (χ4n) is 1.96. The van der Waals surface area contributed by atoms with Gasteiger partial charge in [-0.1, -0.05) is 24.0 Å². The summed E-state index contributed by atoms with van der Waals surface area (Å²) in [4.78, 5) is 14.9. The number of nitrogens with two attached hydrogens (primary N) is 1. The largest absolute Gasteiger partial charge is 0.337 e. The van der Waals surface area contributed by atoms with Crippen molar-refractivity contribution in [3.05, 3.63) is 57.3 Å². The van der Waals surface area contributed by atoms with E-state index in [1.165, 1.54) is 11.3 Å². The normalized spacial score (nSPS) is 9.86. The van der Waals surface area contributed by atoms with Crippen molar-refractivity contribution in [3.8, 4) is 11.8 Å². The van der Waals surface area contributed by atoms with Crippen LogP contribution in [0.1, 0.15) is 26.4 Å². The van der Waals surface area contributed by atoms with Crippen molar-refractivity contribution < 1.29 is 4.79 Å². The summed E-state index contributed by atoms with van der Waals surface area (Å²) in [7, 11) is 1.82. The highest BCUT2D eigenvalue weighted by Gasteiger charge is 2.15. The fraction of sp³-hybridized carbons (Fsp3) is 0.235. The van der Waals surface area contributed by atoms with Gasteiger partial charge in [-0.05, 0) is 41.6 Å². The van der Waals surface area contributed by atoms with Crippen LogP contribution in [0.4, 0.5) is 0 Å². The molecule has 0 bridgehead atoms. The number of amides is 1. The van der Waals surface area contributed by atoms with Crippen LogP contribution in [0, 0.1) is 18.8 Å².